The highest BCUT2D eigenvalue weighted by atomic mass is 16.5. The number of hydrogen-bond acceptors (Lipinski definition) is 4. The van der Waals surface area contributed by atoms with Crippen molar-refractivity contribution >= 4 is 0 Å². The van der Waals surface area contributed by atoms with Crippen molar-refractivity contribution in [3.8, 4) is 0 Å². The van der Waals surface area contributed by atoms with E-state index >= 15 is 0 Å². The van der Waals surface area contributed by atoms with Crippen LogP contribution in [0.3, 0.4) is 0 Å². The molecule has 0 saturated heterocycles. The summed E-state index contributed by atoms with van der Waals surface area (Å²) in [7, 11) is 0. The lowest BCUT2D eigenvalue weighted by Gasteiger charge is -2.03. The van der Waals surface area contributed by atoms with E-state index < -0.39 is 0 Å². The summed E-state index contributed by atoms with van der Waals surface area (Å²) in [6.45, 7) is 2.95. The smallest absolute Gasteiger partial charge is 0.0843 e. The van der Waals surface area contributed by atoms with Gasteiger partial charge in [-0.15, -0.1) is 0 Å². The van der Waals surface area contributed by atoms with Gasteiger partial charge in [-0.3, -0.25) is 0 Å². The predicted octanol–water partition coefficient (Wildman–Crippen LogP) is -0.266. The van der Waals surface area contributed by atoms with Crippen LogP contribution >= 0.6 is 0 Å². The molecule has 0 radical (unpaired) electrons. The zero-order chi connectivity index (χ0) is 8.65. The Bertz CT molecular complexity index is 147. The molecule has 0 bridgehead atoms. The molecule has 0 fully saturated rings. The molecule has 1 heterocycles. The molecule has 0 amide bonds. The molecule has 1 aliphatic heterocycles. The Morgan fingerprint density at radius 1 is 1.50 bits per heavy atom. The van der Waals surface area contributed by atoms with Crippen LogP contribution in [0.4, 0.5) is 0 Å². The summed E-state index contributed by atoms with van der Waals surface area (Å²) in [4.78, 5) is 0. The van der Waals surface area contributed by atoms with Gasteiger partial charge in [-0.05, 0) is 12.8 Å². The van der Waals surface area contributed by atoms with Crippen molar-refractivity contribution in [2.45, 2.75) is 12.8 Å². The Kier molecular flexibility index (Phi) is 4.56. The van der Waals surface area contributed by atoms with Crippen molar-refractivity contribution in [1.82, 2.24) is 10.6 Å². The SMILES string of the molecule is NCCOCCCC1=CNCN1. The van der Waals surface area contributed by atoms with E-state index in [1.54, 1.807) is 0 Å². The summed E-state index contributed by atoms with van der Waals surface area (Å²) in [5, 5.41) is 6.31. The molecule has 0 aromatic carbocycles. The second-order valence-corrected chi connectivity index (χ2v) is 2.73. The Morgan fingerprint density at radius 2 is 2.42 bits per heavy atom. The van der Waals surface area contributed by atoms with Gasteiger partial charge in [0.2, 0.25) is 0 Å². The Labute approximate surface area is 73.2 Å². The van der Waals surface area contributed by atoms with Crippen molar-refractivity contribution in [2.24, 2.45) is 5.73 Å². The first-order chi connectivity index (χ1) is 5.93. The Balaban J connectivity index is 1.88. The third kappa shape index (κ3) is 3.59. The molecule has 1 rings (SSSR count). The highest BCUT2D eigenvalue weighted by Gasteiger charge is 2.00. The molecule has 0 spiro atoms. The zero-order valence-electron chi connectivity index (χ0n) is 7.31. The predicted molar refractivity (Wildman–Crippen MR) is 48.3 cm³/mol. The maximum Gasteiger partial charge on any atom is 0.0843 e. The van der Waals surface area contributed by atoms with Gasteiger partial charge in [0.25, 0.3) is 0 Å². The van der Waals surface area contributed by atoms with Crippen molar-refractivity contribution in [2.75, 3.05) is 26.4 Å². The van der Waals surface area contributed by atoms with E-state index in [1.165, 1.54) is 5.70 Å². The van der Waals surface area contributed by atoms with E-state index in [9.17, 15) is 0 Å². The summed E-state index contributed by atoms with van der Waals surface area (Å²) >= 11 is 0. The molecule has 0 aromatic rings. The van der Waals surface area contributed by atoms with Crippen LogP contribution in [0.5, 0.6) is 0 Å². The average molecular weight is 171 g/mol. The van der Waals surface area contributed by atoms with E-state index in [0.717, 1.165) is 26.1 Å². The van der Waals surface area contributed by atoms with Crippen LogP contribution in [0.2, 0.25) is 0 Å². The highest BCUT2D eigenvalue weighted by molar-refractivity contribution is 5.02. The second-order valence-electron chi connectivity index (χ2n) is 2.73. The van der Waals surface area contributed by atoms with E-state index in [1.807, 2.05) is 6.20 Å². The van der Waals surface area contributed by atoms with Gasteiger partial charge < -0.3 is 21.1 Å². The fourth-order valence-electron chi connectivity index (χ4n) is 1.10. The minimum absolute atomic E-state index is 0.614. The van der Waals surface area contributed by atoms with Gasteiger partial charge in [0.15, 0.2) is 0 Å². The maximum absolute atomic E-state index is 5.27. The highest BCUT2D eigenvalue weighted by Crippen LogP contribution is 2.02. The van der Waals surface area contributed by atoms with Gasteiger partial charge in [-0.1, -0.05) is 0 Å². The molecule has 1 aliphatic rings. The molecular formula is C8H17N3O. The van der Waals surface area contributed by atoms with E-state index in [4.69, 9.17) is 10.5 Å². The fourth-order valence-corrected chi connectivity index (χ4v) is 1.10. The minimum atomic E-state index is 0.614. The number of rotatable bonds is 6. The molecule has 0 saturated carbocycles. The topological polar surface area (TPSA) is 59.3 Å². The quantitative estimate of drug-likeness (QED) is 0.482. The monoisotopic (exact) mass is 171 g/mol. The van der Waals surface area contributed by atoms with E-state index in [0.29, 0.717) is 13.2 Å². The zero-order valence-corrected chi connectivity index (χ0v) is 7.31. The van der Waals surface area contributed by atoms with Crippen LogP contribution in [0.15, 0.2) is 11.9 Å². The van der Waals surface area contributed by atoms with Crippen LogP contribution in [0.1, 0.15) is 12.8 Å². The lowest BCUT2D eigenvalue weighted by atomic mass is 10.2. The minimum Gasteiger partial charge on any atom is -0.380 e. The second kappa shape index (κ2) is 5.85. The van der Waals surface area contributed by atoms with Gasteiger partial charge in [0, 0.05) is 25.0 Å². The molecule has 0 unspecified atom stereocenters. The average Bonchev–Trinajstić information content (AvgIpc) is 2.57. The summed E-state index contributed by atoms with van der Waals surface area (Å²) < 4.78 is 5.24. The molecular weight excluding hydrogens is 154 g/mol. The molecule has 70 valence electrons. The molecule has 0 aromatic heterocycles. The molecule has 0 atom stereocenters. The van der Waals surface area contributed by atoms with Crippen LogP contribution in [0, 0.1) is 0 Å². The third-order valence-corrected chi connectivity index (χ3v) is 1.69. The first kappa shape index (κ1) is 9.35. The summed E-state index contributed by atoms with van der Waals surface area (Å²) in [5.41, 5.74) is 6.54. The van der Waals surface area contributed by atoms with Gasteiger partial charge in [-0.25, -0.2) is 0 Å². The van der Waals surface area contributed by atoms with Crippen molar-refractivity contribution < 1.29 is 4.74 Å². The maximum atomic E-state index is 5.27. The molecule has 12 heavy (non-hydrogen) atoms. The Hall–Kier alpha value is -0.740. The molecule has 4 nitrogen and oxygen atoms in total. The molecule has 4 heteroatoms. The van der Waals surface area contributed by atoms with Gasteiger partial charge in [-0.2, -0.15) is 0 Å². The van der Waals surface area contributed by atoms with Crippen LogP contribution in [-0.2, 0) is 4.74 Å². The third-order valence-electron chi connectivity index (χ3n) is 1.69. The number of hydrogen-bond donors (Lipinski definition) is 3. The van der Waals surface area contributed by atoms with Gasteiger partial charge >= 0.3 is 0 Å². The number of ether oxygens (including phenoxy) is 1. The molecule has 4 N–H and O–H groups in total. The lowest BCUT2D eigenvalue weighted by molar-refractivity contribution is 0.139. The van der Waals surface area contributed by atoms with Crippen molar-refractivity contribution in [3.63, 3.8) is 0 Å². The normalized spacial score (nSPS) is 15.2. The summed E-state index contributed by atoms with van der Waals surface area (Å²) in [6, 6.07) is 0. The standard InChI is InChI=1S/C8H17N3O/c9-3-5-12-4-1-2-8-6-10-7-11-8/h6,10-11H,1-5,7,9H2. The van der Waals surface area contributed by atoms with Crippen LogP contribution in [0.25, 0.3) is 0 Å². The van der Waals surface area contributed by atoms with Crippen molar-refractivity contribution in [3.05, 3.63) is 11.9 Å². The lowest BCUT2D eigenvalue weighted by Crippen LogP contribution is -2.14. The van der Waals surface area contributed by atoms with Crippen LogP contribution < -0.4 is 16.4 Å². The first-order valence-corrected chi connectivity index (χ1v) is 4.37. The summed E-state index contributed by atoms with van der Waals surface area (Å²) in [6.07, 6.45) is 4.13. The van der Waals surface area contributed by atoms with E-state index in [2.05, 4.69) is 10.6 Å². The van der Waals surface area contributed by atoms with E-state index in [-0.39, 0.29) is 0 Å². The Morgan fingerprint density at radius 3 is 3.08 bits per heavy atom. The van der Waals surface area contributed by atoms with Crippen LogP contribution in [-0.4, -0.2) is 26.4 Å². The summed E-state index contributed by atoms with van der Waals surface area (Å²) in [5.74, 6) is 0. The first-order valence-electron chi connectivity index (χ1n) is 4.37. The van der Waals surface area contributed by atoms with Gasteiger partial charge in [0.1, 0.15) is 0 Å². The largest absolute Gasteiger partial charge is 0.380 e. The van der Waals surface area contributed by atoms with Gasteiger partial charge in [0.05, 0.1) is 13.3 Å². The number of nitrogens with one attached hydrogen (secondary N) is 2. The number of nitrogens with two attached hydrogens (primary N) is 1. The molecule has 0 aliphatic carbocycles. The van der Waals surface area contributed by atoms with Crippen molar-refractivity contribution in [1.29, 1.82) is 0 Å². The fraction of sp³-hybridized carbons (Fsp3) is 0.750. The number of allylic oxidation sites excluding steroid dienone is 1.